The second-order valence-electron chi connectivity index (χ2n) is 8.09. The Labute approximate surface area is 180 Å². The molecule has 30 heavy (non-hydrogen) atoms. The minimum absolute atomic E-state index is 0.0748. The van der Waals surface area contributed by atoms with Gasteiger partial charge in [0.25, 0.3) is 5.91 Å². The number of rotatable bonds is 3. The van der Waals surface area contributed by atoms with Gasteiger partial charge in [-0.3, -0.25) is 4.79 Å². The Morgan fingerprint density at radius 2 is 2.07 bits per heavy atom. The van der Waals surface area contributed by atoms with Crippen LogP contribution >= 0.6 is 11.6 Å². The Balaban J connectivity index is 1.49. The molecule has 1 spiro atoms. The van der Waals surface area contributed by atoms with E-state index in [1.807, 2.05) is 24.6 Å². The van der Waals surface area contributed by atoms with Crippen LogP contribution in [-0.4, -0.2) is 51.6 Å². The van der Waals surface area contributed by atoms with E-state index >= 15 is 0 Å². The lowest BCUT2D eigenvalue weighted by atomic mass is 9.88. The molecule has 2 N–H and O–H groups in total. The van der Waals surface area contributed by atoms with Gasteiger partial charge in [-0.25, -0.2) is 9.78 Å². The zero-order valence-electron chi connectivity index (χ0n) is 17.1. The number of benzene rings is 1. The molecule has 160 valence electrons. The third-order valence-corrected chi connectivity index (χ3v) is 5.74. The van der Waals surface area contributed by atoms with Gasteiger partial charge < -0.3 is 24.8 Å². The molecule has 1 fully saturated rings. The zero-order chi connectivity index (χ0) is 21.3. The molecule has 3 heterocycles. The first kappa shape index (κ1) is 20.7. The fraction of sp³-hybridized carbons (Fsp3) is 0.476. The van der Waals surface area contributed by atoms with Gasteiger partial charge in [0.05, 0.1) is 6.54 Å². The number of fused-ring (bicyclic) bond motifs is 2. The van der Waals surface area contributed by atoms with Gasteiger partial charge in [-0.2, -0.15) is 0 Å². The van der Waals surface area contributed by atoms with E-state index in [1.165, 1.54) is 0 Å². The molecule has 2 aliphatic rings. The highest BCUT2D eigenvalue weighted by molar-refractivity contribution is 6.30. The molecule has 4 rings (SSSR count). The van der Waals surface area contributed by atoms with Crippen LogP contribution in [0.2, 0.25) is 5.02 Å². The van der Waals surface area contributed by atoms with E-state index < -0.39 is 11.7 Å². The molecule has 2 aliphatic heterocycles. The molecule has 1 aromatic heterocycles. The van der Waals surface area contributed by atoms with Crippen molar-refractivity contribution in [3.63, 3.8) is 0 Å². The van der Waals surface area contributed by atoms with Gasteiger partial charge in [0, 0.05) is 55.1 Å². The third kappa shape index (κ3) is 4.15. The number of ether oxygens (including phenoxy) is 1. The second-order valence-corrected chi connectivity index (χ2v) is 8.53. The summed E-state index contributed by atoms with van der Waals surface area (Å²) in [7, 11) is 0. The average Bonchev–Trinajstić information content (AvgIpc) is 3.18. The van der Waals surface area contributed by atoms with E-state index in [0.29, 0.717) is 43.2 Å². The number of anilines is 1. The van der Waals surface area contributed by atoms with Gasteiger partial charge in [-0.1, -0.05) is 17.7 Å². The van der Waals surface area contributed by atoms with Crippen LogP contribution in [0.1, 0.15) is 32.5 Å². The van der Waals surface area contributed by atoms with E-state index in [-0.39, 0.29) is 18.0 Å². The van der Waals surface area contributed by atoms with Gasteiger partial charge in [0.1, 0.15) is 11.4 Å². The van der Waals surface area contributed by atoms with Crippen LogP contribution in [0.25, 0.3) is 0 Å². The van der Waals surface area contributed by atoms with Gasteiger partial charge in [0.15, 0.2) is 6.10 Å². The molecular formula is C21H26ClN5O3. The van der Waals surface area contributed by atoms with Crippen LogP contribution in [-0.2, 0) is 21.7 Å². The Kier molecular flexibility index (Phi) is 5.71. The van der Waals surface area contributed by atoms with Crippen LogP contribution < -0.4 is 10.6 Å². The largest absolute Gasteiger partial charge is 0.352 e. The van der Waals surface area contributed by atoms with Crippen molar-refractivity contribution >= 4 is 29.2 Å². The molecule has 0 saturated carbocycles. The maximum absolute atomic E-state index is 12.9. The van der Waals surface area contributed by atoms with Crippen molar-refractivity contribution in [2.75, 3.05) is 18.4 Å². The van der Waals surface area contributed by atoms with Crippen molar-refractivity contribution < 1.29 is 14.3 Å². The lowest BCUT2D eigenvalue weighted by Gasteiger charge is -2.45. The first-order valence-electron chi connectivity index (χ1n) is 10.2. The number of amides is 3. The summed E-state index contributed by atoms with van der Waals surface area (Å²) in [4.78, 5) is 31.6. The SMILES string of the molecule is CC(C)NC(=O)N1CCC2(CC1)O[C@@H](C(=O)Nc1cccc(Cl)c1)Cn1ccnc12. The number of nitrogens with one attached hydrogen (secondary N) is 2. The predicted molar refractivity (Wildman–Crippen MR) is 113 cm³/mol. The summed E-state index contributed by atoms with van der Waals surface area (Å²) in [6, 6.07) is 7.04. The van der Waals surface area contributed by atoms with Crippen molar-refractivity contribution in [3.8, 4) is 0 Å². The highest BCUT2D eigenvalue weighted by Gasteiger charge is 2.47. The maximum Gasteiger partial charge on any atom is 0.317 e. The molecule has 9 heteroatoms. The number of imidazole rings is 1. The highest BCUT2D eigenvalue weighted by atomic mass is 35.5. The minimum Gasteiger partial charge on any atom is -0.352 e. The van der Waals surface area contributed by atoms with Crippen molar-refractivity contribution in [3.05, 3.63) is 47.5 Å². The number of nitrogens with zero attached hydrogens (tertiary/aromatic N) is 3. The average molecular weight is 432 g/mol. The molecule has 0 aliphatic carbocycles. The van der Waals surface area contributed by atoms with Crippen molar-refractivity contribution in [2.45, 2.75) is 51.0 Å². The van der Waals surface area contributed by atoms with Crippen LogP contribution in [0.15, 0.2) is 36.7 Å². The zero-order valence-corrected chi connectivity index (χ0v) is 17.9. The minimum atomic E-state index is -0.688. The van der Waals surface area contributed by atoms with E-state index in [1.54, 1.807) is 35.4 Å². The number of halogens is 1. The van der Waals surface area contributed by atoms with E-state index in [4.69, 9.17) is 16.3 Å². The number of carbonyl (C=O) groups excluding carboxylic acids is 2. The fourth-order valence-corrected chi connectivity index (χ4v) is 4.26. The third-order valence-electron chi connectivity index (χ3n) is 5.51. The molecule has 0 unspecified atom stereocenters. The highest BCUT2D eigenvalue weighted by Crippen LogP contribution is 2.40. The number of piperidine rings is 1. The Bertz CT molecular complexity index is 936. The van der Waals surface area contributed by atoms with Gasteiger partial charge in [-0.15, -0.1) is 0 Å². The lowest BCUT2D eigenvalue weighted by Crippen LogP contribution is -2.55. The summed E-state index contributed by atoms with van der Waals surface area (Å²) in [5.74, 6) is 0.592. The van der Waals surface area contributed by atoms with E-state index in [9.17, 15) is 9.59 Å². The normalized spacial score (nSPS) is 20.1. The molecule has 0 bridgehead atoms. The number of hydrogen-bond donors (Lipinski definition) is 2. The molecule has 0 radical (unpaired) electrons. The van der Waals surface area contributed by atoms with Crippen LogP contribution in [0.5, 0.6) is 0 Å². The molecule has 1 aromatic carbocycles. The number of likely N-dealkylation sites (tertiary alicyclic amines) is 1. The molecule has 1 saturated heterocycles. The summed E-state index contributed by atoms with van der Waals surface area (Å²) in [6.45, 7) is 5.34. The van der Waals surface area contributed by atoms with Crippen LogP contribution in [0.4, 0.5) is 10.5 Å². The first-order chi connectivity index (χ1) is 14.4. The van der Waals surface area contributed by atoms with Gasteiger partial charge in [-0.05, 0) is 32.0 Å². The fourth-order valence-electron chi connectivity index (χ4n) is 4.07. The number of hydrogen-bond acceptors (Lipinski definition) is 4. The van der Waals surface area contributed by atoms with Crippen LogP contribution in [0, 0.1) is 0 Å². The van der Waals surface area contributed by atoms with E-state index in [2.05, 4.69) is 15.6 Å². The number of carbonyl (C=O) groups is 2. The monoisotopic (exact) mass is 431 g/mol. The van der Waals surface area contributed by atoms with Crippen molar-refractivity contribution in [2.24, 2.45) is 0 Å². The van der Waals surface area contributed by atoms with Gasteiger partial charge in [0.2, 0.25) is 0 Å². The van der Waals surface area contributed by atoms with Crippen molar-refractivity contribution in [1.82, 2.24) is 19.8 Å². The summed E-state index contributed by atoms with van der Waals surface area (Å²) in [5, 5.41) is 6.37. The lowest BCUT2D eigenvalue weighted by molar-refractivity contribution is -0.167. The molecule has 8 nitrogen and oxygen atoms in total. The summed E-state index contributed by atoms with van der Waals surface area (Å²) in [6.07, 6.45) is 4.10. The molecule has 2 aromatic rings. The Morgan fingerprint density at radius 1 is 1.30 bits per heavy atom. The Morgan fingerprint density at radius 3 is 2.77 bits per heavy atom. The molecule has 3 amide bonds. The Hall–Kier alpha value is -2.58. The predicted octanol–water partition coefficient (Wildman–Crippen LogP) is 2.98. The summed E-state index contributed by atoms with van der Waals surface area (Å²) in [5.41, 5.74) is -0.0612. The smallest absolute Gasteiger partial charge is 0.317 e. The van der Waals surface area contributed by atoms with E-state index in [0.717, 1.165) is 5.82 Å². The van der Waals surface area contributed by atoms with Crippen molar-refractivity contribution in [1.29, 1.82) is 0 Å². The summed E-state index contributed by atoms with van der Waals surface area (Å²) < 4.78 is 8.37. The topological polar surface area (TPSA) is 88.5 Å². The second kappa shape index (κ2) is 8.28. The van der Waals surface area contributed by atoms with Gasteiger partial charge >= 0.3 is 6.03 Å². The molecule has 1 atom stereocenters. The quantitative estimate of drug-likeness (QED) is 0.781. The number of aromatic nitrogens is 2. The first-order valence-corrected chi connectivity index (χ1v) is 10.6. The maximum atomic E-state index is 12.9. The summed E-state index contributed by atoms with van der Waals surface area (Å²) >= 11 is 6.02. The molecular weight excluding hydrogens is 406 g/mol. The number of urea groups is 1. The van der Waals surface area contributed by atoms with Crippen LogP contribution in [0.3, 0.4) is 0 Å². The standard InChI is InChI=1S/C21H26ClN5O3/c1-14(2)24-20(29)26-9-6-21(7-10-26)19-23-8-11-27(19)13-17(30-21)18(28)25-16-5-3-4-15(22)12-16/h3-5,8,11-12,14,17H,6-7,9-10,13H2,1-2H3,(H,24,29)(H,25,28)/t17-/m1/s1.